The van der Waals surface area contributed by atoms with Crippen LogP contribution in [0.15, 0.2) is 30.5 Å². The zero-order valence-corrected chi connectivity index (χ0v) is 20.1. The van der Waals surface area contributed by atoms with E-state index in [0.29, 0.717) is 32.1 Å². The van der Waals surface area contributed by atoms with Crippen molar-refractivity contribution >= 4 is 44.2 Å². The molecule has 10 nitrogen and oxygen atoms in total. The summed E-state index contributed by atoms with van der Waals surface area (Å²) >= 11 is 1.70. The number of rotatable bonds is 5. The summed E-state index contributed by atoms with van der Waals surface area (Å²) < 4.78 is 5.59. The van der Waals surface area contributed by atoms with Crippen molar-refractivity contribution in [3.8, 4) is 11.4 Å². The molecule has 2 aliphatic rings. The Balaban J connectivity index is 1.34. The Morgan fingerprint density at radius 1 is 1.09 bits per heavy atom. The minimum Gasteiger partial charge on any atom is -0.387 e. The van der Waals surface area contributed by atoms with E-state index in [4.69, 9.17) is 19.8 Å². The van der Waals surface area contributed by atoms with Gasteiger partial charge in [-0.2, -0.15) is 5.10 Å². The van der Waals surface area contributed by atoms with Crippen molar-refractivity contribution in [3.63, 3.8) is 0 Å². The van der Waals surface area contributed by atoms with Gasteiger partial charge in [-0.3, -0.25) is 14.8 Å². The van der Waals surface area contributed by atoms with Crippen molar-refractivity contribution in [1.82, 2.24) is 30.0 Å². The highest BCUT2D eigenvalue weighted by Crippen LogP contribution is 2.35. The van der Waals surface area contributed by atoms with Crippen molar-refractivity contribution in [1.29, 1.82) is 0 Å². The van der Waals surface area contributed by atoms with Crippen LogP contribution in [-0.4, -0.2) is 100 Å². The molecule has 5 heterocycles. The first-order valence-electron chi connectivity index (χ1n) is 11.9. The summed E-state index contributed by atoms with van der Waals surface area (Å²) in [6.45, 7) is 6.21. The summed E-state index contributed by atoms with van der Waals surface area (Å²) in [5.41, 5.74) is 1.93. The van der Waals surface area contributed by atoms with E-state index in [-0.39, 0.29) is 5.91 Å². The molecule has 0 spiro atoms. The molecule has 1 amide bonds. The van der Waals surface area contributed by atoms with Crippen LogP contribution >= 0.6 is 11.3 Å². The number of amides is 1. The standard InChI is InChI=1S/C24H27N7O3S/c32-15-21(33)30-6-4-29(5-7-30)14-16-12-18-23(31-8-10-34-11-9-31)26-22(27-24(18)35-16)17-2-1-3-20-19(17)13-25-28-20/h1-3,12-13,32H,4-11,14-15H2,(H,25,28). The van der Waals surface area contributed by atoms with Crippen LogP contribution in [0.1, 0.15) is 4.88 Å². The van der Waals surface area contributed by atoms with Crippen molar-refractivity contribution in [2.75, 3.05) is 64.0 Å². The maximum Gasteiger partial charge on any atom is 0.248 e. The average molecular weight is 494 g/mol. The number of nitrogens with zero attached hydrogens (tertiary/aromatic N) is 6. The van der Waals surface area contributed by atoms with Gasteiger partial charge < -0.3 is 19.6 Å². The monoisotopic (exact) mass is 493 g/mol. The first-order valence-corrected chi connectivity index (χ1v) is 12.7. The zero-order valence-electron chi connectivity index (χ0n) is 19.3. The molecule has 182 valence electrons. The van der Waals surface area contributed by atoms with Gasteiger partial charge >= 0.3 is 0 Å². The number of ether oxygens (including phenoxy) is 1. The Morgan fingerprint density at radius 2 is 1.91 bits per heavy atom. The van der Waals surface area contributed by atoms with Crippen molar-refractivity contribution < 1.29 is 14.6 Å². The first kappa shape index (κ1) is 22.4. The number of anilines is 1. The molecule has 2 saturated heterocycles. The van der Waals surface area contributed by atoms with Gasteiger partial charge in [-0.05, 0) is 12.1 Å². The lowest BCUT2D eigenvalue weighted by Crippen LogP contribution is -2.49. The summed E-state index contributed by atoms with van der Waals surface area (Å²) in [7, 11) is 0. The van der Waals surface area contributed by atoms with Crippen LogP contribution in [-0.2, 0) is 16.1 Å². The molecular weight excluding hydrogens is 466 g/mol. The number of aromatic amines is 1. The predicted molar refractivity (Wildman–Crippen MR) is 134 cm³/mol. The van der Waals surface area contributed by atoms with Crippen LogP contribution in [0.5, 0.6) is 0 Å². The molecule has 11 heteroatoms. The van der Waals surface area contributed by atoms with Crippen LogP contribution in [0, 0.1) is 0 Å². The number of carbonyl (C=O) groups is 1. The van der Waals surface area contributed by atoms with Gasteiger partial charge in [0.1, 0.15) is 17.3 Å². The van der Waals surface area contributed by atoms with E-state index in [1.54, 1.807) is 16.2 Å². The second kappa shape index (κ2) is 9.50. The molecule has 2 fully saturated rings. The Hall–Kier alpha value is -3.12. The molecule has 0 aliphatic carbocycles. The Kier molecular flexibility index (Phi) is 6.06. The van der Waals surface area contributed by atoms with Gasteiger partial charge in [-0.15, -0.1) is 11.3 Å². The second-order valence-corrected chi connectivity index (χ2v) is 9.97. The summed E-state index contributed by atoms with van der Waals surface area (Å²) in [5, 5.41) is 18.4. The SMILES string of the molecule is O=C(CO)N1CCN(Cc2cc3c(N4CCOCC4)nc(-c4cccc5[nH]ncc45)nc3s2)CC1. The molecule has 2 aliphatic heterocycles. The number of aliphatic hydroxyl groups excluding tert-OH is 1. The van der Waals surface area contributed by atoms with Crippen LogP contribution in [0.2, 0.25) is 0 Å². The zero-order chi connectivity index (χ0) is 23.8. The minimum absolute atomic E-state index is 0.197. The van der Waals surface area contributed by atoms with Gasteiger partial charge in [0.15, 0.2) is 5.82 Å². The van der Waals surface area contributed by atoms with Crippen molar-refractivity contribution in [2.24, 2.45) is 0 Å². The van der Waals surface area contributed by atoms with Crippen LogP contribution in [0.3, 0.4) is 0 Å². The molecule has 0 unspecified atom stereocenters. The number of piperazine rings is 1. The van der Waals surface area contributed by atoms with Gasteiger partial charge in [0.05, 0.1) is 30.3 Å². The predicted octanol–water partition coefficient (Wildman–Crippen LogP) is 1.71. The molecule has 0 atom stereocenters. The quantitative estimate of drug-likeness (QED) is 0.432. The Labute approximate surface area is 206 Å². The van der Waals surface area contributed by atoms with E-state index in [1.165, 1.54) is 4.88 Å². The number of H-pyrrole nitrogens is 1. The number of morpholine rings is 1. The third-order valence-electron chi connectivity index (χ3n) is 6.70. The third-order valence-corrected chi connectivity index (χ3v) is 7.71. The molecule has 0 radical (unpaired) electrons. The number of benzene rings is 1. The summed E-state index contributed by atoms with van der Waals surface area (Å²) in [6.07, 6.45) is 1.83. The molecule has 4 aromatic rings. The summed E-state index contributed by atoms with van der Waals surface area (Å²) in [5.74, 6) is 1.46. The van der Waals surface area contributed by atoms with Gasteiger partial charge in [-0.1, -0.05) is 12.1 Å². The van der Waals surface area contributed by atoms with Crippen LogP contribution in [0.25, 0.3) is 32.5 Å². The number of fused-ring (bicyclic) bond motifs is 2. The van der Waals surface area contributed by atoms with Gasteiger partial charge in [0.2, 0.25) is 5.91 Å². The Bertz CT molecular complexity index is 1360. The molecule has 6 rings (SSSR count). The van der Waals surface area contributed by atoms with Crippen LogP contribution < -0.4 is 4.90 Å². The molecule has 2 N–H and O–H groups in total. The number of thiophene rings is 1. The fourth-order valence-electron chi connectivity index (χ4n) is 4.81. The topological polar surface area (TPSA) is 111 Å². The van der Waals surface area contributed by atoms with Gasteiger partial charge in [0.25, 0.3) is 0 Å². The van der Waals surface area contributed by atoms with E-state index >= 15 is 0 Å². The lowest BCUT2D eigenvalue weighted by atomic mass is 10.1. The van der Waals surface area contributed by atoms with Gasteiger partial charge in [0, 0.05) is 61.6 Å². The van der Waals surface area contributed by atoms with E-state index in [0.717, 1.165) is 65.2 Å². The lowest BCUT2D eigenvalue weighted by molar-refractivity contribution is -0.135. The van der Waals surface area contributed by atoms with E-state index < -0.39 is 6.61 Å². The highest BCUT2D eigenvalue weighted by molar-refractivity contribution is 7.18. The van der Waals surface area contributed by atoms with Crippen LogP contribution in [0.4, 0.5) is 5.82 Å². The van der Waals surface area contributed by atoms with Crippen molar-refractivity contribution in [3.05, 3.63) is 35.3 Å². The fourth-order valence-corrected chi connectivity index (χ4v) is 5.87. The summed E-state index contributed by atoms with van der Waals surface area (Å²) in [4.78, 5) is 30.4. The molecular formula is C24H27N7O3S. The summed E-state index contributed by atoms with van der Waals surface area (Å²) in [6, 6.07) is 8.27. The minimum atomic E-state index is -0.422. The number of aliphatic hydroxyl groups is 1. The highest BCUT2D eigenvalue weighted by Gasteiger charge is 2.23. The Morgan fingerprint density at radius 3 is 2.71 bits per heavy atom. The van der Waals surface area contributed by atoms with E-state index in [2.05, 4.69) is 26.1 Å². The number of hydrogen-bond acceptors (Lipinski definition) is 9. The van der Waals surface area contributed by atoms with E-state index in [9.17, 15) is 4.79 Å². The molecule has 1 aromatic carbocycles. The molecule has 0 bridgehead atoms. The number of carbonyl (C=O) groups excluding carboxylic acids is 1. The first-order chi connectivity index (χ1) is 17.2. The lowest BCUT2D eigenvalue weighted by Gasteiger charge is -2.34. The normalized spacial score (nSPS) is 17.5. The second-order valence-electron chi connectivity index (χ2n) is 8.85. The number of hydrogen-bond donors (Lipinski definition) is 2. The highest BCUT2D eigenvalue weighted by atomic mass is 32.1. The third kappa shape index (κ3) is 4.36. The molecule has 0 saturated carbocycles. The van der Waals surface area contributed by atoms with Gasteiger partial charge in [-0.25, -0.2) is 9.97 Å². The number of nitrogens with one attached hydrogen (secondary N) is 1. The fraction of sp³-hybridized carbons (Fsp3) is 0.417. The average Bonchev–Trinajstić information content (AvgIpc) is 3.55. The molecule has 3 aromatic heterocycles. The maximum atomic E-state index is 11.8. The molecule has 35 heavy (non-hydrogen) atoms. The maximum absolute atomic E-state index is 11.8. The smallest absolute Gasteiger partial charge is 0.248 e. The number of aromatic nitrogens is 4. The van der Waals surface area contributed by atoms with E-state index in [1.807, 2.05) is 24.4 Å². The largest absolute Gasteiger partial charge is 0.387 e. The van der Waals surface area contributed by atoms with Crippen molar-refractivity contribution in [2.45, 2.75) is 6.54 Å².